The highest BCUT2D eigenvalue weighted by Crippen LogP contribution is 2.23. The molecule has 2 aromatic carbocycles. The quantitative estimate of drug-likeness (QED) is 0.469. The fourth-order valence-corrected chi connectivity index (χ4v) is 3.36. The molecule has 2 N–H and O–H groups in total. The van der Waals surface area contributed by atoms with Gasteiger partial charge in [0.15, 0.2) is 0 Å². The van der Waals surface area contributed by atoms with Crippen LogP contribution in [0.25, 0.3) is 22.3 Å². The summed E-state index contributed by atoms with van der Waals surface area (Å²) < 4.78 is 0. The molecule has 0 aliphatic rings. The third-order valence-electron chi connectivity index (χ3n) is 4.92. The maximum Gasteiger partial charge on any atom is 0.270 e. The Morgan fingerprint density at radius 1 is 0.806 bits per heavy atom. The lowest BCUT2D eigenvalue weighted by molar-refractivity contribution is -0.121. The van der Waals surface area contributed by atoms with Gasteiger partial charge in [-0.3, -0.25) is 25.4 Å². The highest BCUT2D eigenvalue weighted by Gasteiger charge is 2.15. The molecule has 31 heavy (non-hydrogen) atoms. The van der Waals surface area contributed by atoms with Gasteiger partial charge in [0.25, 0.3) is 5.91 Å². The molecule has 0 aliphatic carbocycles. The molecule has 6 nitrogen and oxygen atoms in total. The second-order valence-corrected chi connectivity index (χ2v) is 7.13. The van der Waals surface area contributed by atoms with E-state index >= 15 is 0 Å². The van der Waals surface area contributed by atoms with E-state index in [4.69, 9.17) is 0 Å². The second-order valence-electron chi connectivity index (χ2n) is 7.13. The number of carbonyl (C=O) groups excluding carboxylic acids is 2. The van der Waals surface area contributed by atoms with Gasteiger partial charge in [0.05, 0.1) is 22.5 Å². The van der Waals surface area contributed by atoms with Gasteiger partial charge in [-0.2, -0.15) is 0 Å². The van der Waals surface area contributed by atoms with Crippen molar-refractivity contribution < 1.29 is 9.59 Å². The molecule has 0 fully saturated rings. The molecule has 6 heteroatoms. The standard InChI is InChI=1S/C25H22N4O2/c30-24(15-8-11-18-9-2-1-3-10-18)28-29-25(31)20-17-23(22-14-6-7-16-26-22)27-21-13-5-4-12-19(20)21/h1-7,9-10,12-14,16-17H,8,11,15H2,(H,28,30)(H,29,31). The Kier molecular flexibility index (Phi) is 6.28. The average molecular weight is 410 g/mol. The van der Waals surface area contributed by atoms with E-state index < -0.39 is 5.91 Å². The highest BCUT2D eigenvalue weighted by atomic mass is 16.2. The summed E-state index contributed by atoms with van der Waals surface area (Å²) in [6.07, 6.45) is 3.52. The molecular weight excluding hydrogens is 388 g/mol. The summed E-state index contributed by atoms with van der Waals surface area (Å²) in [6, 6.07) is 24.6. The average Bonchev–Trinajstić information content (AvgIpc) is 2.83. The summed E-state index contributed by atoms with van der Waals surface area (Å²) >= 11 is 0. The molecule has 4 aromatic rings. The second kappa shape index (κ2) is 9.63. The van der Waals surface area contributed by atoms with E-state index in [1.165, 1.54) is 5.56 Å². The van der Waals surface area contributed by atoms with Crippen molar-refractivity contribution in [2.24, 2.45) is 0 Å². The van der Waals surface area contributed by atoms with E-state index in [-0.39, 0.29) is 5.91 Å². The Labute approximate surface area is 180 Å². The van der Waals surface area contributed by atoms with E-state index in [0.29, 0.717) is 40.7 Å². The van der Waals surface area contributed by atoms with E-state index in [2.05, 4.69) is 20.8 Å². The Balaban J connectivity index is 1.44. The largest absolute Gasteiger partial charge is 0.273 e. The van der Waals surface area contributed by atoms with Gasteiger partial charge in [-0.1, -0.05) is 54.6 Å². The molecule has 0 spiro atoms. The third-order valence-corrected chi connectivity index (χ3v) is 4.92. The van der Waals surface area contributed by atoms with Crippen molar-refractivity contribution in [3.8, 4) is 11.4 Å². The summed E-state index contributed by atoms with van der Waals surface area (Å²) in [5.41, 5.74) is 8.61. The first-order valence-electron chi connectivity index (χ1n) is 10.1. The van der Waals surface area contributed by atoms with Gasteiger partial charge in [0, 0.05) is 18.0 Å². The number of aromatic nitrogens is 2. The fourth-order valence-electron chi connectivity index (χ4n) is 3.36. The van der Waals surface area contributed by atoms with Crippen LogP contribution in [0.15, 0.2) is 85.1 Å². The number of aryl methyl sites for hydroxylation is 1. The van der Waals surface area contributed by atoms with Gasteiger partial charge < -0.3 is 0 Å². The first kappa shape index (κ1) is 20.2. The molecule has 0 saturated carbocycles. The van der Waals surface area contributed by atoms with E-state index in [0.717, 1.165) is 6.42 Å². The summed E-state index contributed by atoms with van der Waals surface area (Å²) in [5.74, 6) is -0.625. The molecule has 4 rings (SSSR count). The number of benzene rings is 2. The van der Waals surface area contributed by atoms with Crippen molar-refractivity contribution in [2.45, 2.75) is 19.3 Å². The molecule has 2 heterocycles. The molecule has 0 unspecified atom stereocenters. The highest BCUT2D eigenvalue weighted by molar-refractivity contribution is 6.07. The van der Waals surface area contributed by atoms with Crippen LogP contribution in [0.4, 0.5) is 0 Å². The maximum absolute atomic E-state index is 12.9. The number of rotatable bonds is 6. The van der Waals surface area contributed by atoms with Gasteiger partial charge in [-0.25, -0.2) is 4.98 Å². The van der Waals surface area contributed by atoms with E-state index in [1.54, 1.807) is 12.3 Å². The Morgan fingerprint density at radius 3 is 2.39 bits per heavy atom. The molecule has 0 saturated heterocycles. The molecule has 154 valence electrons. The number of fused-ring (bicyclic) bond motifs is 1. The van der Waals surface area contributed by atoms with Crippen molar-refractivity contribution in [1.29, 1.82) is 0 Å². The molecule has 0 aliphatic heterocycles. The SMILES string of the molecule is O=C(CCCc1ccccc1)NNC(=O)c1cc(-c2ccccn2)nc2ccccc12. The number of pyridine rings is 2. The third kappa shape index (κ3) is 5.11. The summed E-state index contributed by atoms with van der Waals surface area (Å²) in [4.78, 5) is 34.0. The normalized spacial score (nSPS) is 10.6. The summed E-state index contributed by atoms with van der Waals surface area (Å²) in [5, 5.41) is 0.706. The van der Waals surface area contributed by atoms with Crippen LogP contribution >= 0.6 is 0 Å². The van der Waals surface area contributed by atoms with Crippen LogP contribution in [0.2, 0.25) is 0 Å². The van der Waals surface area contributed by atoms with Gasteiger partial charge in [-0.05, 0) is 42.7 Å². The van der Waals surface area contributed by atoms with Crippen LogP contribution in [-0.2, 0) is 11.2 Å². The lowest BCUT2D eigenvalue weighted by Gasteiger charge is -2.11. The van der Waals surface area contributed by atoms with Crippen molar-refractivity contribution in [3.05, 3.63) is 96.2 Å². The van der Waals surface area contributed by atoms with E-state index in [1.807, 2.05) is 72.8 Å². The van der Waals surface area contributed by atoms with Crippen LogP contribution in [0.3, 0.4) is 0 Å². The zero-order chi connectivity index (χ0) is 21.5. The Morgan fingerprint density at radius 2 is 1.58 bits per heavy atom. The number of carbonyl (C=O) groups is 2. The van der Waals surface area contributed by atoms with Crippen molar-refractivity contribution >= 4 is 22.7 Å². The first-order valence-corrected chi connectivity index (χ1v) is 10.1. The summed E-state index contributed by atoms with van der Waals surface area (Å²) in [7, 11) is 0. The Hall–Kier alpha value is -4.06. The number of hydrogen-bond donors (Lipinski definition) is 2. The zero-order valence-electron chi connectivity index (χ0n) is 16.9. The first-order chi connectivity index (χ1) is 15.2. The lowest BCUT2D eigenvalue weighted by atomic mass is 10.1. The summed E-state index contributed by atoms with van der Waals surface area (Å²) in [6.45, 7) is 0. The number of amides is 2. The van der Waals surface area contributed by atoms with Crippen LogP contribution < -0.4 is 10.9 Å². The minimum absolute atomic E-state index is 0.229. The van der Waals surface area contributed by atoms with Crippen LogP contribution in [-0.4, -0.2) is 21.8 Å². The molecular formula is C25H22N4O2. The number of hydrazine groups is 1. The minimum Gasteiger partial charge on any atom is -0.273 e. The predicted molar refractivity (Wildman–Crippen MR) is 120 cm³/mol. The monoisotopic (exact) mass is 410 g/mol. The minimum atomic E-state index is -0.396. The number of hydrogen-bond acceptors (Lipinski definition) is 4. The topological polar surface area (TPSA) is 84.0 Å². The van der Waals surface area contributed by atoms with Gasteiger partial charge in [0.2, 0.25) is 5.91 Å². The smallest absolute Gasteiger partial charge is 0.270 e. The number of para-hydroxylation sites is 1. The zero-order valence-corrected chi connectivity index (χ0v) is 16.9. The fraction of sp³-hybridized carbons (Fsp3) is 0.120. The Bertz CT molecular complexity index is 1190. The predicted octanol–water partition coefficient (Wildman–Crippen LogP) is 4.08. The number of nitrogens with one attached hydrogen (secondary N) is 2. The van der Waals surface area contributed by atoms with Crippen LogP contribution in [0, 0.1) is 0 Å². The van der Waals surface area contributed by atoms with Gasteiger partial charge >= 0.3 is 0 Å². The molecule has 0 atom stereocenters. The van der Waals surface area contributed by atoms with Crippen molar-refractivity contribution in [1.82, 2.24) is 20.8 Å². The van der Waals surface area contributed by atoms with Crippen LogP contribution in [0.5, 0.6) is 0 Å². The molecule has 2 amide bonds. The molecule has 0 radical (unpaired) electrons. The molecule has 0 bridgehead atoms. The van der Waals surface area contributed by atoms with Gasteiger partial charge in [-0.15, -0.1) is 0 Å². The van der Waals surface area contributed by atoms with Crippen LogP contribution in [0.1, 0.15) is 28.8 Å². The van der Waals surface area contributed by atoms with Gasteiger partial charge in [0.1, 0.15) is 0 Å². The number of nitrogens with zero attached hydrogens (tertiary/aromatic N) is 2. The van der Waals surface area contributed by atoms with Crippen molar-refractivity contribution in [3.63, 3.8) is 0 Å². The maximum atomic E-state index is 12.9. The molecule has 2 aromatic heterocycles. The lowest BCUT2D eigenvalue weighted by Crippen LogP contribution is -2.41. The van der Waals surface area contributed by atoms with Crippen molar-refractivity contribution in [2.75, 3.05) is 0 Å². The van der Waals surface area contributed by atoms with E-state index in [9.17, 15) is 9.59 Å².